The Morgan fingerprint density at radius 1 is 1.56 bits per heavy atom. The van der Waals surface area contributed by atoms with Gasteiger partial charge in [-0.2, -0.15) is 5.26 Å². The monoisotopic (exact) mass is 238 g/mol. The Morgan fingerprint density at radius 2 is 2.38 bits per heavy atom. The molecule has 0 unspecified atom stereocenters. The molecule has 1 aromatic carbocycles. The molecule has 0 aromatic heterocycles. The zero-order valence-corrected chi connectivity index (χ0v) is 8.87. The van der Waals surface area contributed by atoms with E-state index in [0.29, 0.717) is 22.2 Å². The Balaban J connectivity index is 2.30. The van der Waals surface area contributed by atoms with Crippen LogP contribution in [0.3, 0.4) is 0 Å². The summed E-state index contributed by atoms with van der Waals surface area (Å²) in [6, 6.07) is 5.00. The van der Waals surface area contributed by atoms with E-state index < -0.39 is 5.91 Å². The van der Waals surface area contributed by atoms with Gasteiger partial charge in [0.2, 0.25) is 12.7 Å². The lowest BCUT2D eigenvalue weighted by Gasteiger charge is -2.08. The van der Waals surface area contributed by atoms with Gasteiger partial charge in [0.15, 0.2) is 11.5 Å². The number of rotatable bonds is 2. The summed E-state index contributed by atoms with van der Waals surface area (Å²) in [5.74, 6) is 0.490. The Kier molecular flexibility index (Phi) is 2.84. The second-order valence-electron chi connectivity index (χ2n) is 3.04. The third-order valence-corrected chi connectivity index (χ3v) is 2.31. The van der Waals surface area contributed by atoms with Gasteiger partial charge in [-0.15, -0.1) is 0 Å². The van der Waals surface area contributed by atoms with Crippen LogP contribution in [0.1, 0.15) is 6.42 Å². The van der Waals surface area contributed by atoms with E-state index >= 15 is 0 Å². The number of carbonyl (C=O) groups is 1. The maximum absolute atomic E-state index is 11.3. The molecule has 1 aliphatic rings. The van der Waals surface area contributed by atoms with Crippen molar-refractivity contribution in [3.05, 3.63) is 17.2 Å². The van der Waals surface area contributed by atoms with E-state index in [1.807, 2.05) is 0 Å². The van der Waals surface area contributed by atoms with Gasteiger partial charge in [0, 0.05) is 0 Å². The fourth-order valence-electron chi connectivity index (χ4n) is 1.32. The number of nitrogens with zero attached hydrogens (tertiary/aromatic N) is 1. The Bertz CT molecular complexity index is 482. The Labute approximate surface area is 96.5 Å². The van der Waals surface area contributed by atoms with Crippen molar-refractivity contribution in [3.63, 3.8) is 0 Å². The highest BCUT2D eigenvalue weighted by Crippen LogP contribution is 2.43. The van der Waals surface area contributed by atoms with Crippen LogP contribution in [0.5, 0.6) is 11.5 Å². The van der Waals surface area contributed by atoms with Crippen LogP contribution in [-0.2, 0) is 4.79 Å². The molecular formula is C10H7ClN2O3. The molecule has 6 heteroatoms. The second-order valence-corrected chi connectivity index (χ2v) is 3.45. The number of ether oxygens (including phenoxy) is 2. The quantitative estimate of drug-likeness (QED) is 0.855. The fourth-order valence-corrected chi connectivity index (χ4v) is 1.52. The molecule has 0 radical (unpaired) electrons. The van der Waals surface area contributed by atoms with E-state index in [-0.39, 0.29) is 13.2 Å². The third-order valence-electron chi connectivity index (χ3n) is 1.99. The molecule has 0 atom stereocenters. The summed E-state index contributed by atoms with van der Waals surface area (Å²) in [5, 5.41) is 11.2. The van der Waals surface area contributed by atoms with Crippen molar-refractivity contribution in [2.75, 3.05) is 12.1 Å². The molecule has 2 rings (SSSR count). The van der Waals surface area contributed by atoms with Crippen molar-refractivity contribution in [3.8, 4) is 17.6 Å². The number of hydrogen-bond donors (Lipinski definition) is 1. The molecule has 0 fully saturated rings. The first-order chi connectivity index (χ1) is 7.72. The smallest absolute Gasteiger partial charge is 0.238 e. The van der Waals surface area contributed by atoms with Crippen LogP contribution in [0.15, 0.2) is 12.1 Å². The summed E-state index contributed by atoms with van der Waals surface area (Å²) in [5.41, 5.74) is 0.344. The zero-order valence-electron chi connectivity index (χ0n) is 8.12. The average molecular weight is 239 g/mol. The van der Waals surface area contributed by atoms with Gasteiger partial charge < -0.3 is 14.8 Å². The molecule has 0 saturated heterocycles. The largest absolute Gasteiger partial charge is 0.454 e. The van der Waals surface area contributed by atoms with Gasteiger partial charge >= 0.3 is 0 Å². The molecule has 0 bridgehead atoms. The van der Waals surface area contributed by atoms with Crippen molar-refractivity contribution in [2.24, 2.45) is 0 Å². The molecule has 0 spiro atoms. The molecular weight excluding hydrogens is 232 g/mol. The minimum Gasteiger partial charge on any atom is -0.454 e. The molecule has 1 aliphatic heterocycles. The van der Waals surface area contributed by atoms with Crippen LogP contribution in [0.2, 0.25) is 5.02 Å². The number of hydrogen-bond acceptors (Lipinski definition) is 4. The van der Waals surface area contributed by atoms with Gasteiger partial charge in [0.25, 0.3) is 0 Å². The summed E-state index contributed by atoms with van der Waals surface area (Å²) >= 11 is 5.92. The number of fused-ring (bicyclic) bond motifs is 1. The Morgan fingerprint density at radius 3 is 3.12 bits per heavy atom. The van der Waals surface area contributed by atoms with Gasteiger partial charge in [0.1, 0.15) is 12.1 Å². The first-order valence-electron chi connectivity index (χ1n) is 4.47. The number of halogens is 1. The maximum atomic E-state index is 11.3. The SMILES string of the molecule is N#CCC(=O)Nc1c(Cl)ccc2c1OCO2. The number of benzene rings is 1. The van der Waals surface area contributed by atoms with Crippen molar-refractivity contribution < 1.29 is 14.3 Å². The van der Waals surface area contributed by atoms with E-state index in [0.717, 1.165) is 0 Å². The zero-order chi connectivity index (χ0) is 11.5. The molecule has 0 aliphatic carbocycles. The van der Waals surface area contributed by atoms with Gasteiger partial charge in [-0.3, -0.25) is 4.79 Å². The molecule has 5 nitrogen and oxygen atoms in total. The molecule has 1 heterocycles. The van der Waals surface area contributed by atoms with Crippen LogP contribution >= 0.6 is 11.6 Å². The highest BCUT2D eigenvalue weighted by atomic mass is 35.5. The lowest BCUT2D eigenvalue weighted by Crippen LogP contribution is -2.11. The molecule has 0 saturated carbocycles. The first-order valence-corrected chi connectivity index (χ1v) is 4.85. The van der Waals surface area contributed by atoms with Crippen LogP contribution in [-0.4, -0.2) is 12.7 Å². The highest BCUT2D eigenvalue weighted by Gasteiger charge is 2.21. The number of amides is 1. The summed E-state index contributed by atoms with van der Waals surface area (Å²) in [6.07, 6.45) is -0.235. The van der Waals surface area contributed by atoms with Crippen molar-refractivity contribution in [1.29, 1.82) is 5.26 Å². The highest BCUT2D eigenvalue weighted by molar-refractivity contribution is 6.34. The van der Waals surface area contributed by atoms with Crippen LogP contribution < -0.4 is 14.8 Å². The predicted octanol–water partition coefficient (Wildman–Crippen LogP) is 1.92. The van der Waals surface area contributed by atoms with E-state index in [9.17, 15) is 4.79 Å². The number of anilines is 1. The topological polar surface area (TPSA) is 71.4 Å². The van der Waals surface area contributed by atoms with Crippen molar-refractivity contribution in [2.45, 2.75) is 6.42 Å². The van der Waals surface area contributed by atoms with Crippen molar-refractivity contribution in [1.82, 2.24) is 0 Å². The van der Waals surface area contributed by atoms with Gasteiger partial charge in [-0.1, -0.05) is 11.6 Å². The Hall–Kier alpha value is -1.93. The maximum Gasteiger partial charge on any atom is 0.238 e. The summed E-state index contributed by atoms with van der Waals surface area (Å²) in [6.45, 7) is 0.0940. The predicted molar refractivity (Wildman–Crippen MR) is 56.4 cm³/mol. The standard InChI is InChI=1S/C10H7ClN2O3/c11-6-1-2-7-10(16-5-15-7)9(6)13-8(14)3-4-12/h1-2H,3,5H2,(H,13,14). The van der Waals surface area contributed by atoms with Gasteiger partial charge in [0.05, 0.1) is 11.1 Å². The van der Waals surface area contributed by atoms with E-state index in [1.165, 1.54) is 0 Å². The number of carbonyl (C=O) groups excluding carboxylic acids is 1. The number of nitrogens with one attached hydrogen (secondary N) is 1. The van der Waals surface area contributed by atoms with E-state index in [2.05, 4.69) is 5.32 Å². The number of nitriles is 1. The lowest BCUT2D eigenvalue weighted by molar-refractivity contribution is -0.115. The van der Waals surface area contributed by atoms with Crippen LogP contribution in [0.4, 0.5) is 5.69 Å². The van der Waals surface area contributed by atoms with Crippen molar-refractivity contribution >= 4 is 23.2 Å². The first kappa shape index (κ1) is 10.6. The molecule has 82 valence electrons. The summed E-state index contributed by atoms with van der Waals surface area (Å²) in [7, 11) is 0. The molecule has 1 N–H and O–H groups in total. The molecule has 16 heavy (non-hydrogen) atoms. The summed E-state index contributed by atoms with van der Waals surface area (Å²) < 4.78 is 10.3. The van der Waals surface area contributed by atoms with Crippen LogP contribution in [0, 0.1) is 11.3 Å². The molecule has 1 aromatic rings. The normalized spacial score (nSPS) is 12.0. The third kappa shape index (κ3) is 1.88. The minimum atomic E-state index is -0.437. The minimum absolute atomic E-state index is 0.0940. The van der Waals surface area contributed by atoms with E-state index in [4.69, 9.17) is 26.3 Å². The fraction of sp³-hybridized carbons (Fsp3) is 0.200. The van der Waals surface area contributed by atoms with Crippen LogP contribution in [0.25, 0.3) is 0 Å². The average Bonchev–Trinajstić information content (AvgIpc) is 2.71. The lowest BCUT2D eigenvalue weighted by atomic mass is 10.2. The van der Waals surface area contributed by atoms with Gasteiger partial charge in [-0.05, 0) is 12.1 Å². The van der Waals surface area contributed by atoms with E-state index in [1.54, 1.807) is 18.2 Å². The molecule has 1 amide bonds. The van der Waals surface area contributed by atoms with Gasteiger partial charge in [-0.25, -0.2) is 0 Å². The second kappa shape index (κ2) is 4.29. The summed E-state index contributed by atoms with van der Waals surface area (Å²) in [4.78, 5) is 11.3.